The summed E-state index contributed by atoms with van der Waals surface area (Å²) in [5, 5.41) is 0.365. The highest BCUT2D eigenvalue weighted by Crippen LogP contribution is 2.22. The lowest BCUT2D eigenvalue weighted by Gasteiger charge is -2.04. The van der Waals surface area contributed by atoms with E-state index in [1.807, 2.05) is 18.2 Å². The lowest BCUT2D eigenvalue weighted by Crippen LogP contribution is -2.41. The molecule has 0 radical (unpaired) electrons. The van der Waals surface area contributed by atoms with E-state index in [1.54, 1.807) is 12.1 Å². The molecule has 0 aliphatic carbocycles. The molecule has 0 unspecified atom stereocenters. The number of benzene rings is 2. The Morgan fingerprint density at radius 2 is 2.07 bits per heavy atom. The summed E-state index contributed by atoms with van der Waals surface area (Å²) in [7, 11) is 1.37. The van der Waals surface area contributed by atoms with Crippen LogP contribution in [0.15, 0.2) is 58.2 Å². The van der Waals surface area contributed by atoms with Crippen molar-refractivity contribution in [1.82, 2.24) is 15.8 Å². The molecule has 3 aromatic rings. The van der Waals surface area contributed by atoms with E-state index in [2.05, 4.69) is 15.8 Å². The van der Waals surface area contributed by atoms with Crippen LogP contribution in [0, 0.1) is 5.82 Å². The van der Waals surface area contributed by atoms with Crippen LogP contribution in [-0.2, 0) is 9.59 Å². The molecule has 0 atom stereocenters. The third-order valence-corrected chi connectivity index (χ3v) is 4.36. The molecule has 0 saturated heterocycles. The predicted molar refractivity (Wildman–Crippen MR) is 103 cm³/mol. The average molecular weight is 401 g/mol. The van der Waals surface area contributed by atoms with Crippen LogP contribution in [0.4, 0.5) is 4.39 Å². The van der Waals surface area contributed by atoms with Crippen LogP contribution in [0.5, 0.6) is 5.75 Å². The summed E-state index contributed by atoms with van der Waals surface area (Å²) in [6.45, 7) is 0. The van der Waals surface area contributed by atoms with Crippen molar-refractivity contribution in [3.05, 3.63) is 59.9 Å². The maximum Gasteiger partial charge on any atom is 0.262 e. The molecule has 7 nitrogen and oxygen atoms in total. The number of nitrogens with one attached hydrogen (secondary N) is 2. The molecular formula is C19H16FN3O4S. The first-order chi connectivity index (χ1) is 13.5. The van der Waals surface area contributed by atoms with Gasteiger partial charge in [0.25, 0.3) is 11.1 Å². The van der Waals surface area contributed by atoms with Gasteiger partial charge in [0.2, 0.25) is 5.91 Å². The molecule has 1 heterocycles. The topological polar surface area (TPSA) is 93.5 Å². The molecule has 0 bridgehead atoms. The molecule has 0 spiro atoms. The minimum absolute atomic E-state index is 0.0144. The number of hydrogen-bond acceptors (Lipinski definition) is 6. The highest BCUT2D eigenvalue weighted by Gasteiger charge is 2.09. The number of hydrazine groups is 1. The van der Waals surface area contributed by atoms with Gasteiger partial charge in [-0.25, -0.2) is 9.37 Å². The number of fused-ring (bicyclic) bond motifs is 1. The fourth-order valence-corrected chi connectivity index (χ4v) is 2.85. The maximum atomic E-state index is 13.6. The van der Waals surface area contributed by atoms with Gasteiger partial charge in [-0.05, 0) is 35.9 Å². The molecule has 0 aliphatic heterocycles. The van der Waals surface area contributed by atoms with Gasteiger partial charge in [0.1, 0.15) is 5.52 Å². The molecule has 0 saturated carbocycles. The van der Waals surface area contributed by atoms with Crippen molar-refractivity contribution >= 4 is 40.8 Å². The Kier molecular flexibility index (Phi) is 6.28. The van der Waals surface area contributed by atoms with Gasteiger partial charge in [-0.3, -0.25) is 20.4 Å². The predicted octanol–water partition coefficient (Wildman–Crippen LogP) is 2.93. The highest BCUT2D eigenvalue weighted by atomic mass is 32.2. The van der Waals surface area contributed by atoms with Gasteiger partial charge in [-0.1, -0.05) is 30.0 Å². The number of halogens is 1. The molecule has 9 heteroatoms. The molecule has 2 amide bonds. The Labute approximate surface area is 163 Å². The normalized spacial score (nSPS) is 10.9. The van der Waals surface area contributed by atoms with Gasteiger partial charge in [0.15, 0.2) is 17.1 Å². The van der Waals surface area contributed by atoms with Crippen LogP contribution >= 0.6 is 11.8 Å². The number of carbonyl (C=O) groups is 2. The van der Waals surface area contributed by atoms with Crippen LogP contribution in [-0.4, -0.2) is 29.7 Å². The Bertz CT molecular complexity index is 1000. The van der Waals surface area contributed by atoms with Gasteiger partial charge in [0.05, 0.1) is 12.9 Å². The maximum absolute atomic E-state index is 13.6. The summed E-state index contributed by atoms with van der Waals surface area (Å²) in [5.74, 6) is -1.39. The van der Waals surface area contributed by atoms with Crippen LogP contribution < -0.4 is 15.6 Å². The summed E-state index contributed by atoms with van der Waals surface area (Å²) in [6.07, 6.45) is 2.59. The minimum atomic E-state index is -0.559. The molecule has 28 heavy (non-hydrogen) atoms. The Morgan fingerprint density at radius 3 is 2.82 bits per heavy atom. The molecular weight excluding hydrogens is 385 g/mol. The van der Waals surface area contributed by atoms with E-state index in [0.29, 0.717) is 21.9 Å². The molecule has 1 aromatic heterocycles. The Morgan fingerprint density at radius 1 is 1.25 bits per heavy atom. The van der Waals surface area contributed by atoms with Crippen LogP contribution in [0.25, 0.3) is 17.2 Å². The van der Waals surface area contributed by atoms with Crippen molar-refractivity contribution in [1.29, 1.82) is 0 Å². The smallest absolute Gasteiger partial charge is 0.262 e. The van der Waals surface area contributed by atoms with E-state index in [4.69, 9.17) is 9.15 Å². The first-order valence-corrected chi connectivity index (χ1v) is 9.12. The summed E-state index contributed by atoms with van der Waals surface area (Å²) < 4.78 is 23.9. The fourth-order valence-electron chi connectivity index (χ4n) is 2.21. The van der Waals surface area contributed by atoms with Crippen molar-refractivity contribution in [2.45, 2.75) is 5.22 Å². The third-order valence-electron chi connectivity index (χ3n) is 3.53. The lowest BCUT2D eigenvalue weighted by atomic mass is 10.2. The van der Waals surface area contributed by atoms with Crippen molar-refractivity contribution in [2.75, 3.05) is 12.9 Å². The third kappa shape index (κ3) is 5.10. The number of para-hydroxylation sites is 2. The first kappa shape index (κ1) is 19.4. The second-order valence-electron chi connectivity index (χ2n) is 5.50. The molecule has 2 aromatic carbocycles. The van der Waals surface area contributed by atoms with E-state index >= 15 is 0 Å². The summed E-state index contributed by atoms with van der Waals surface area (Å²) >= 11 is 1.11. The number of carbonyl (C=O) groups excluding carboxylic acids is 2. The number of rotatable bonds is 6. The number of ether oxygens (including phenoxy) is 1. The molecule has 0 fully saturated rings. The zero-order valence-corrected chi connectivity index (χ0v) is 15.6. The molecule has 2 N–H and O–H groups in total. The largest absolute Gasteiger partial charge is 0.494 e. The summed E-state index contributed by atoms with van der Waals surface area (Å²) in [5.41, 5.74) is 6.35. The molecule has 0 aliphatic rings. The van der Waals surface area contributed by atoms with E-state index < -0.39 is 17.6 Å². The van der Waals surface area contributed by atoms with E-state index in [0.717, 1.165) is 11.8 Å². The number of thioether (sulfide) groups is 1. The number of methoxy groups -OCH3 is 1. The van der Waals surface area contributed by atoms with Gasteiger partial charge in [-0.15, -0.1) is 0 Å². The molecule has 144 valence electrons. The van der Waals surface area contributed by atoms with Crippen molar-refractivity contribution in [3.8, 4) is 5.75 Å². The van der Waals surface area contributed by atoms with Gasteiger partial charge in [0, 0.05) is 6.08 Å². The first-order valence-electron chi connectivity index (χ1n) is 8.14. The monoisotopic (exact) mass is 401 g/mol. The SMILES string of the molecule is COc1ccc(/C=C/C(=O)NNC(=O)CSc2nc3ccccc3o2)cc1F. The number of oxazole rings is 1. The quantitative estimate of drug-likeness (QED) is 0.375. The van der Waals surface area contributed by atoms with Gasteiger partial charge >= 0.3 is 0 Å². The van der Waals surface area contributed by atoms with E-state index in [1.165, 1.54) is 31.4 Å². The zero-order valence-electron chi connectivity index (χ0n) is 14.8. The van der Waals surface area contributed by atoms with Crippen LogP contribution in [0.2, 0.25) is 0 Å². The molecule has 3 rings (SSSR count). The summed E-state index contributed by atoms with van der Waals surface area (Å²) in [4.78, 5) is 27.8. The lowest BCUT2D eigenvalue weighted by molar-refractivity contribution is -0.125. The van der Waals surface area contributed by atoms with Crippen LogP contribution in [0.1, 0.15) is 5.56 Å². The zero-order chi connectivity index (χ0) is 19.9. The van der Waals surface area contributed by atoms with E-state index in [-0.39, 0.29) is 11.5 Å². The van der Waals surface area contributed by atoms with Crippen molar-refractivity contribution < 1.29 is 23.1 Å². The van der Waals surface area contributed by atoms with E-state index in [9.17, 15) is 14.0 Å². The number of aromatic nitrogens is 1. The van der Waals surface area contributed by atoms with Gasteiger partial charge < -0.3 is 9.15 Å². The number of hydrogen-bond donors (Lipinski definition) is 2. The highest BCUT2D eigenvalue weighted by molar-refractivity contribution is 7.99. The number of amides is 2. The minimum Gasteiger partial charge on any atom is -0.494 e. The standard InChI is InChI=1S/C19H16FN3O4S/c1-26-15-8-6-12(10-13(15)20)7-9-17(24)22-23-18(25)11-28-19-21-14-4-2-3-5-16(14)27-19/h2-10H,11H2,1H3,(H,22,24)(H,23,25)/b9-7+. The summed E-state index contributed by atoms with van der Waals surface area (Å²) in [6, 6.07) is 11.6. The van der Waals surface area contributed by atoms with Crippen molar-refractivity contribution in [2.24, 2.45) is 0 Å². The van der Waals surface area contributed by atoms with Gasteiger partial charge in [-0.2, -0.15) is 0 Å². The second kappa shape index (κ2) is 9.05. The van der Waals surface area contributed by atoms with Crippen LogP contribution in [0.3, 0.4) is 0 Å². The number of nitrogens with zero attached hydrogens (tertiary/aromatic N) is 1. The Hall–Kier alpha value is -3.33. The fraction of sp³-hybridized carbons (Fsp3) is 0.105. The van der Waals surface area contributed by atoms with Crippen molar-refractivity contribution in [3.63, 3.8) is 0 Å². The second-order valence-corrected chi connectivity index (χ2v) is 6.43. The average Bonchev–Trinajstić information content (AvgIpc) is 3.12. The Balaban J connectivity index is 1.44.